The van der Waals surface area contributed by atoms with Gasteiger partial charge in [-0.3, -0.25) is 23.4 Å². The molecule has 2 heterocycles. The molecule has 1 aliphatic carbocycles. The van der Waals surface area contributed by atoms with Crippen LogP contribution in [0.2, 0.25) is 10.0 Å². The maximum Gasteiger partial charge on any atom is 0.349 e. The molecule has 1 aliphatic rings. The van der Waals surface area contributed by atoms with Crippen LogP contribution in [0, 0.1) is 0 Å². The molecule has 208 valence electrons. The highest BCUT2D eigenvalue weighted by atomic mass is 35.5. The minimum absolute atomic E-state index is 0.0205. The predicted octanol–water partition coefficient (Wildman–Crippen LogP) is 2.67. The lowest BCUT2D eigenvalue weighted by atomic mass is 9.93. The second-order valence-corrected chi connectivity index (χ2v) is 9.89. The Labute approximate surface area is 229 Å². The van der Waals surface area contributed by atoms with Gasteiger partial charge < -0.3 is 15.2 Å². The van der Waals surface area contributed by atoms with Crippen molar-refractivity contribution in [3.05, 3.63) is 61.0 Å². The topological polar surface area (TPSA) is 180 Å². The number of ether oxygens (including phenoxy) is 1. The second kappa shape index (κ2) is 11.6. The molecule has 2 aromatic heterocycles. The van der Waals surface area contributed by atoms with Crippen LogP contribution >= 0.6 is 23.2 Å². The van der Waals surface area contributed by atoms with Crippen LogP contribution in [-0.2, 0) is 16.1 Å². The molecule has 4 rings (SSSR count). The summed E-state index contributed by atoms with van der Waals surface area (Å²) in [6.07, 6.45) is 0.203. The normalized spacial score (nSPS) is 14.1. The number of alkyl halides is 2. The molecule has 13 nitrogen and oxygen atoms in total. The van der Waals surface area contributed by atoms with Gasteiger partial charge in [0.15, 0.2) is 17.2 Å². The highest BCUT2D eigenvalue weighted by molar-refractivity contribution is 7.80. The molecule has 1 saturated carbocycles. The quantitative estimate of drug-likeness (QED) is 0.266. The standard InChI is InChI=1S/C21H18Cl2F2N6O7S/c22-11-4-10(31-21(35)28-20(34)17(29-31)19(24)25)5-12(23)18(11)38-16-6-13(14(32)7-26-16)30(39(36)37)8-15(33)27-9-2-1-3-9/h4-7,9,19,32H,1-3,8H2,(H,27,33)(H,36,37)(H,28,34,35). The van der Waals surface area contributed by atoms with Crippen LogP contribution in [0.5, 0.6) is 17.4 Å². The first-order chi connectivity index (χ1) is 18.4. The lowest BCUT2D eigenvalue weighted by Crippen LogP contribution is -2.45. The van der Waals surface area contributed by atoms with E-state index in [1.165, 1.54) is 0 Å². The fourth-order valence-corrected chi connectivity index (χ4v) is 4.55. The molecule has 3 aromatic rings. The number of carbonyl (C=O) groups excluding carboxylic acids is 1. The number of carbonyl (C=O) groups is 1. The van der Waals surface area contributed by atoms with Crippen LogP contribution in [0.15, 0.2) is 34.0 Å². The lowest BCUT2D eigenvalue weighted by molar-refractivity contribution is -0.120. The van der Waals surface area contributed by atoms with E-state index >= 15 is 0 Å². The number of anilines is 1. The van der Waals surface area contributed by atoms with Crippen LogP contribution in [0.3, 0.4) is 0 Å². The monoisotopic (exact) mass is 606 g/mol. The number of amides is 1. The van der Waals surface area contributed by atoms with Gasteiger partial charge in [-0.2, -0.15) is 9.78 Å². The number of nitrogens with zero attached hydrogens (tertiary/aromatic N) is 4. The van der Waals surface area contributed by atoms with E-state index in [-0.39, 0.29) is 39.1 Å². The van der Waals surface area contributed by atoms with Crippen LogP contribution in [0.1, 0.15) is 31.4 Å². The number of halogens is 4. The minimum Gasteiger partial charge on any atom is -0.504 e. The second-order valence-electron chi connectivity index (χ2n) is 8.17. The van der Waals surface area contributed by atoms with E-state index in [4.69, 9.17) is 27.9 Å². The van der Waals surface area contributed by atoms with Gasteiger partial charge in [0.25, 0.3) is 23.3 Å². The number of nitrogens with one attached hydrogen (secondary N) is 2. The van der Waals surface area contributed by atoms with Gasteiger partial charge in [0, 0.05) is 12.1 Å². The summed E-state index contributed by atoms with van der Waals surface area (Å²) in [7, 11) is 0. The number of aromatic nitrogens is 4. The van der Waals surface area contributed by atoms with Crippen molar-refractivity contribution < 1.29 is 32.2 Å². The molecular weight excluding hydrogens is 589 g/mol. The first-order valence-corrected chi connectivity index (χ1v) is 12.8. The molecule has 0 spiro atoms. The Morgan fingerprint density at radius 2 is 1.95 bits per heavy atom. The summed E-state index contributed by atoms with van der Waals surface area (Å²) in [4.78, 5) is 41.6. The summed E-state index contributed by atoms with van der Waals surface area (Å²) in [6, 6.07) is 3.22. The minimum atomic E-state index is -3.26. The zero-order valence-corrected chi connectivity index (χ0v) is 21.8. The summed E-state index contributed by atoms with van der Waals surface area (Å²) in [5, 5.41) is 15.8. The van der Waals surface area contributed by atoms with E-state index in [1.54, 1.807) is 4.98 Å². The SMILES string of the molecule is O=C(CN(c1cc(Oc2c(Cl)cc(-n3nc(C(F)F)c(=O)[nH]c3=O)cc2Cl)ncc1O)S(=O)O)NC1CCC1. The van der Waals surface area contributed by atoms with E-state index in [0.717, 1.165) is 43.7 Å². The molecule has 18 heteroatoms. The molecule has 0 bridgehead atoms. The number of pyridine rings is 1. The molecule has 39 heavy (non-hydrogen) atoms. The number of benzene rings is 1. The van der Waals surface area contributed by atoms with Crippen molar-refractivity contribution in [3.63, 3.8) is 0 Å². The lowest BCUT2D eigenvalue weighted by Gasteiger charge is -2.28. The van der Waals surface area contributed by atoms with Gasteiger partial charge in [-0.05, 0) is 31.4 Å². The van der Waals surface area contributed by atoms with Gasteiger partial charge in [-0.25, -0.2) is 22.8 Å². The highest BCUT2D eigenvalue weighted by Gasteiger charge is 2.25. The van der Waals surface area contributed by atoms with Gasteiger partial charge in [0.2, 0.25) is 11.8 Å². The number of H-pyrrole nitrogens is 1. The molecule has 0 aliphatic heterocycles. The van der Waals surface area contributed by atoms with E-state index in [1.807, 2.05) is 0 Å². The molecular formula is C21H18Cl2F2N6O7S. The van der Waals surface area contributed by atoms with E-state index < -0.39 is 52.8 Å². The average Bonchev–Trinajstić information content (AvgIpc) is 2.83. The summed E-state index contributed by atoms with van der Waals surface area (Å²) >= 11 is 9.76. The largest absolute Gasteiger partial charge is 0.504 e. The zero-order chi connectivity index (χ0) is 28.4. The third-order valence-electron chi connectivity index (χ3n) is 5.55. The van der Waals surface area contributed by atoms with E-state index in [2.05, 4.69) is 15.4 Å². The fourth-order valence-electron chi connectivity index (χ4n) is 3.46. The third kappa shape index (κ3) is 6.35. The third-order valence-corrected chi connectivity index (χ3v) is 6.81. The Morgan fingerprint density at radius 1 is 1.28 bits per heavy atom. The van der Waals surface area contributed by atoms with Crippen LogP contribution in [0.4, 0.5) is 14.5 Å². The Hall–Kier alpha value is -3.60. The van der Waals surface area contributed by atoms with E-state index in [9.17, 15) is 37.0 Å². The Kier molecular flexibility index (Phi) is 8.48. The molecule has 1 atom stereocenters. The molecule has 0 radical (unpaired) electrons. The van der Waals surface area contributed by atoms with Crippen LogP contribution in [-0.4, -0.2) is 52.1 Å². The average molecular weight is 607 g/mol. The molecule has 1 aromatic carbocycles. The van der Waals surface area contributed by atoms with E-state index in [0.29, 0.717) is 8.99 Å². The fraction of sp³-hybridized carbons (Fsp3) is 0.286. The van der Waals surface area contributed by atoms with Crippen molar-refractivity contribution in [1.29, 1.82) is 0 Å². The van der Waals surface area contributed by atoms with Crippen LogP contribution < -0.4 is 25.6 Å². The number of aromatic amines is 1. The number of rotatable bonds is 9. The smallest absolute Gasteiger partial charge is 0.349 e. The molecule has 4 N–H and O–H groups in total. The van der Waals surface area contributed by atoms with Crippen molar-refractivity contribution in [2.45, 2.75) is 31.7 Å². The molecule has 0 saturated heterocycles. The van der Waals surface area contributed by atoms with Gasteiger partial charge in [0.05, 0.1) is 21.9 Å². The maximum absolute atomic E-state index is 13.1. The maximum atomic E-state index is 13.1. The van der Waals surface area contributed by atoms with Crippen LogP contribution in [0.25, 0.3) is 5.69 Å². The molecule has 1 unspecified atom stereocenters. The summed E-state index contributed by atoms with van der Waals surface area (Å²) in [6.45, 7) is -0.561. The van der Waals surface area contributed by atoms with Gasteiger partial charge in [0.1, 0.15) is 12.2 Å². The highest BCUT2D eigenvalue weighted by Crippen LogP contribution is 2.39. The predicted molar refractivity (Wildman–Crippen MR) is 135 cm³/mol. The summed E-state index contributed by atoms with van der Waals surface area (Å²) < 4.78 is 54.6. The van der Waals surface area contributed by atoms with Crippen molar-refractivity contribution in [2.75, 3.05) is 10.8 Å². The number of hydrogen-bond acceptors (Lipinski definition) is 8. The van der Waals surface area contributed by atoms with Gasteiger partial charge in [-0.15, -0.1) is 0 Å². The number of aromatic hydroxyl groups is 1. The zero-order valence-electron chi connectivity index (χ0n) is 19.4. The Balaban J connectivity index is 1.62. The van der Waals surface area contributed by atoms with Crippen molar-refractivity contribution in [3.8, 4) is 23.1 Å². The molecule has 1 amide bonds. The van der Waals surface area contributed by atoms with Gasteiger partial charge >= 0.3 is 5.69 Å². The summed E-state index contributed by atoms with van der Waals surface area (Å²) in [5.74, 6) is -1.57. The first-order valence-electron chi connectivity index (χ1n) is 11.0. The number of hydrogen-bond donors (Lipinski definition) is 4. The van der Waals surface area contributed by atoms with Crippen molar-refractivity contribution in [2.24, 2.45) is 0 Å². The van der Waals surface area contributed by atoms with Crippen molar-refractivity contribution >= 4 is 46.1 Å². The summed E-state index contributed by atoms with van der Waals surface area (Å²) in [5.41, 5.74) is -4.13. The molecule has 1 fully saturated rings. The Bertz CT molecular complexity index is 1540. The Morgan fingerprint density at radius 3 is 2.51 bits per heavy atom. The van der Waals surface area contributed by atoms with Crippen molar-refractivity contribution in [1.82, 2.24) is 25.1 Å². The van der Waals surface area contributed by atoms with Gasteiger partial charge in [-0.1, -0.05) is 23.2 Å². The first kappa shape index (κ1) is 28.4.